The first-order chi connectivity index (χ1) is 19.4. The highest BCUT2D eigenvalue weighted by atomic mass is 32.1. The van der Waals surface area contributed by atoms with Crippen LogP contribution in [0.15, 0.2) is 47.8 Å². The summed E-state index contributed by atoms with van der Waals surface area (Å²) in [6.45, 7) is 11.8. The zero-order valence-corrected chi connectivity index (χ0v) is 24.8. The molecular formula is C32H41N3O4S. The maximum atomic E-state index is 12.7. The summed E-state index contributed by atoms with van der Waals surface area (Å²) in [6, 6.07) is 14.8. The van der Waals surface area contributed by atoms with Crippen molar-refractivity contribution in [3.8, 4) is 5.75 Å². The van der Waals surface area contributed by atoms with E-state index < -0.39 is 0 Å². The van der Waals surface area contributed by atoms with Crippen molar-refractivity contribution in [1.29, 1.82) is 0 Å². The van der Waals surface area contributed by atoms with Gasteiger partial charge in [-0.2, -0.15) is 0 Å². The van der Waals surface area contributed by atoms with Crippen LogP contribution in [0.1, 0.15) is 45.6 Å². The van der Waals surface area contributed by atoms with E-state index in [9.17, 15) is 9.59 Å². The molecule has 0 spiro atoms. The Morgan fingerprint density at radius 2 is 1.80 bits per heavy atom. The third-order valence-electron chi connectivity index (χ3n) is 8.29. The van der Waals surface area contributed by atoms with Gasteiger partial charge in [0, 0.05) is 54.4 Å². The summed E-state index contributed by atoms with van der Waals surface area (Å²) in [5.41, 5.74) is 3.23. The lowest BCUT2D eigenvalue weighted by Gasteiger charge is -2.36. The van der Waals surface area contributed by atoms with Gasteiger partial charge < -0.3 is 14.4 Å². The minimum atomic E-state index is -0.274. The van der Waals surface area contributed by atoms with Crippen LogP contribution in [0.5, 0.6) is 5.75 Å². The van der Waals surface area contributed by atoms with Crippen LogP contribution in [0.3, 0.4) is 0 Å². The number of rotatable bonds is 11. The molecule has 1 aromatic heterocycles. The lowest BCUT2D eigenvalue weighted by atomic mass is 9.99. The normalized spacial score (nSPS) is 16.9. The summed E-state index contributed by atoms with van der Waals surface area (Å²) < 4.78 is 12.9. The molecule has 7 nitrogen and oxygen atoms in total. The summed E-state index contributed by atoms with van der Waals surface area (Å²) in [6.07, 6.45) is 3.16. The lowest BCUT2D eigenvalue weighted by molar-refractivity contribution is -0.149. The minimum absolute atomic E-state index is 0.0262. The van der Waals surface area contributed by atoms with E-state index in [2.05, 4.69) is 39.4 Å². The Kier molecular flexibility index (Phi) is 9.27. The van der Waals surface area contributed by atoms with Gasteiger partial charge in [0.2, 0.25) is 5.91 Å². The van der Waals surface area contributed by atoms with Crippen LogP contribution in [0.2, 0.25) is 0 Å². The van der Waals surface area contributed by atoms with Crippen molar-refractivity contribution in [2.75, 3.05) is 55.9 Å². The molecule has 40 heavy (non-hydrogen) atoms. The first-order valence-corrected chi connectivity index (χ1v) is 15.4. The van der Waals surface area contributed by atoms with Gasteiger partial charge in [-0.25, -0.2) is 0 Å². The van der Waals surface area contributed by atoms with Crippen LogP contribution in [0, 0.1) is 11.8 Å². The number of anilines is 2. The number of carbonyl (C=O) groups is 2. The average molecular weight is 564 g/mol. The first kappa shape index (κ1) is 28.4. The Morgan fingerprint density at radius 1 is 0.975 bits per heavy atom. The van der Waals surface area contributed by atoms with E-state index in [1.54, 1.807) is 4.90 Å². The Morgan fingerprint density at radius 3 is 2.60 bits per heavy atom. The average Bonchev–Trinajstić information content (AvgIpc) is 3.45. The molecule has 0 bridgehead atoms. The molecule has 2 aliphatic heterocycles. The van der Waals surface area contributed by atoms with Gasteiger partial charge in [0.1, 0.15) is 5.75 Å². The smallest absolute Gasteiger partial charge is 0.310 e. The highest BCUT2D eigenvalue weighted by Gasteiger charge is 2.27. The van der Waals surface area contributed by atoms with E-state index in [0.29, 0.717) is 19.4 Å². The largest absolute Gasteiger partial charge is 0.494 e. The number of amides is 1. The number of piperazine rings is 1. The molecule has 3 aromatic rings. The van der Waals surface area contributed by atoms with Crippen LogP contribution >= 0.6 is 11.3 Å². The van der Waals surface area contributed by atoms with Crippen molar-refractivity contribution in [3.05, 3.63) is 53.4 Å². The number of nitrogens with zero attached hydrogens (tertiary/aromatic N) is 3. The molecule has 8 heteroatoms. The number of esters is 1. The number of unbranched alkanes of at least 4 members (excludes halogenated alkanes) is 1. The Hall–Kier alpha value is -3.10. The number of aryl methyl sites for hydroxylation is 1. The third kappa shape index (κ3) is 6.61. The van der Waals surface area contributed by atoms with Gasteiger partial charge in [-0.1, -0.05) is 32.9 Å². The SMILES string of the molecule is CC(C)C(C)C(=O)OCN1C(=O)CCc2ccc(OCCCCN3CCN(c4cccc5sccc45)CC3)cc21. The molecule has 0 radical (unpaired) electrons. The van der Waals surface area contributed by atoms with Gasteiger partial charge in [-0.05, 0) is 66.9 Å². The molecule has 0 saturated carbocycles. The molecule has 0 aliphatic carbocycles. The predicted octanol–water partition coefficient (Wildman–Crippen LogP) is 5.95. The second-order valence-electron chi connectivity index (χ2n) is 11.2. The number of hydrogen-bond donors (Lipinski definition) is 0. The number of ether oxygens (including phenoxy) is 2. The highest BCUT2D eigenvalue weighted by Crippen LogP contribution is 2.33. The monoisotopic (exact) mass is 563 g/mol. The van der Waals surface area contributed by atoms with Gasteiger partial charge in [-0.15, -0.1) is 11.3 Å². The summed E-state index contributed by atoms with van der Waals surface area (Å²) in [7, 11) is 0. The molecule has 1 amide bonds. The number of fused-ring (bicyclic) bond motifs is 2. The fraction of sp³-hybridized carbons (Fsp3) is 0.500. The van der Waals surface area contributed by atoms with Crippen molar-refractivity contribution in [3.63, 3.8) is 0 Å². The van der Waals surface area contributed by atoms with E-state index in [1.165, 1.54) is 15.8 Å². The quantitative estimate of drug-likeness (QED) is 0.212. The molecular weight excluding hydrogens is 522 g/mol. The molecule has 1 saturated heterocycles. The van der Waals surface area contributed by atoms with Gasteiger partial charge in [-0.3, -0.25) is 19.4 Å². The summed E-state index contributed by atoms with van der Waals surface area (Å²) >= 11 is 1.81. The van der Waals surface area contributed by atoms with Crippen molar-refractivity contribution in [2.45, 2.75) is 46.5 Å². The van der Waals surface area contributed by atoms with Crippen LogP contribution < -0.4 is 14.5 Å². The van der Waals surface area contributed by atoms with E-state index in [1.807, 2.05) is 50.3 Å². The van der Waals surface area contributed by atoms with Gasteiger partial charge in [0.25, 0.3) is 0 Å². The number of carbonyl (C=O) groups excluding carboxylic acids is 2. The van der Waals surface area contributed by atoms with E-state index in [-0.39, 0.29) is 30.4 Å². The highest BCUT2D eigenvalue weighted by molar-refractivity contribution is 7.17. The maximum absolute atomic E-state index is 12.7. The molecule has 0 N–H and O–H groups in total. The molecule has 2 aromatic carbocycles. The van der Waals surface area contributed by atoms with Crippen molar-refractivity contribution < 1.29 is 19.1 Å². The molecule has 1 atom stereocenters. The van der Waals surface area contributed by atoms with Crippen LogP contribution in [-0.4, -0.2) is 62.8 Å². The topological polar surface area (TPSA) is 62.3 Å². The number of thiophene rings is 1. The van der Waals surface area contributed by atoms with Crippen LogP contribution in [-0.2, 0) is 20.7 Å². The van der Waals surface area contributed by atoms with Crippen LogP contribution in [0.4, 0.5) is 11.4 Å². The van der Waals surface area contributed by atoms with Gasteiger partial charge in [0.05, 0.1) is 18.2 Å². The Labute approximate surface area is 241 Å². The zero-order valence-electron chi connectivity index (χ0n) is 23.9. The fourth-order valence-corrected chi connectivity index (χ4v) is 6.18. The fourth-order valence-electron chi connectivity index (χ4n) is 5.37. The number of hydrogen-bond acceptors (Lipinski definition) is 7. The molecule has 1 fully saturated rings. The van der Waals surface area contributed by atoms with Gasteiger partial charge >= 0.3 is 5.97 Å². The molecule has 214 valence electrons. The van der Waals surface area contributed by atoms with Crippen LogP contribution in [0.25, 0.3) is 10.1 Å². The molecule has 5 rings (SSSR count). The minimum Gasteiger partial charge on any atom is -0.494 e. The Balaban J connectivity index is 1.06. The molecule has 1 unspecified atom stereocenters. The maximum Gasteiger partial charge on any atom is 0.310 e. The number of benzene rings is 2. The Bertz CT molecular complexity index is 1310. The molecule has 3 heterocycles. The van der Waals surface area contributed by atoms with E-state index in [0.717, 1.165) is 62.6 Å². The second-order valence-corrected chi connectivity index (χ2v) is 12.2. The summed E-state index contributed by atoms with van der Waals surface area (Å²) in [4.78, 5) is 31.7. The first-order valence-electron chi connectivity index (χ1n) is 14.6. The van der Waals surface area contributed by atoms with Crippen molar-refractivity contribution >= 4 is 44.7 Å². The van der Waals surface area contributed by atoms with Crippen molar-refractivity contribution in [2.24, 2.45) is 11.8 Å². The third-order valence-corrected chi connectivity index (χ3v) is 9.17. The zero-order chi connectivity index (χ0) is 28.1. The van der Waals surface area contributed by atoms with Gasteiger partial charge in [0.15, 0.2) is 6.73 Å². The van der Waals surface area contributed by atoms with Crippen molar-refractivity contribution in [1.82, 2.24) is 4.90 Å². The van der Waals surface area contributed by atoms with E-state index >= 15 is 0 Å². The summed E-state index contributed by atoms with van der Waals surface area (Å²) in [5, 5.41) is 3.55. The summed E-state index contributed by atoms with van der Waals surface area (Å²) in [5.74, 6) is 0.425. The molecule has 2 aliphatic rings. The van der Waals surface area contributed by atoms with E-state index in [4.69, 9.17) is 9.47 Å². The lowest BCUT2D eigenvalue weighted by Crippen LogP contribution is -2.46. The predicted molar refractivity (Wildman–Crippen MR) is 162 cm³/mol. The standard InChI is InChI=1S/C32H41N3O4S/c1-23(2)24(3)32(37)39-22-35-29-21-26(11-9-25(29)10-12-31(35)36)38-19-5-4-14-33-15-17-34(18-16-33)28-7-6-8-30-27(28)13-20-40-30/h6-9,11,13,20-21,23-24H,4-5,10,12,14-19,22H2,1-3H3. The second kappa shape index (κ2) is 13.0.